The third-order valence-electron chi connectivity index (χ3n) is 3.00. The van der Waals surface area contributed by atoms with Gasteiger partial charge < -0.3 is 5.73 Å². The number of nitrogens with zero attached hydrogens (tertiary/aromatic N) is 1. The van der Waals surface area contributed by atoms with Crippen LogP contribution in [0.5, 0.6) is 0 Å². The van der Waals surface area contributed by atoms with Gasteiger partial charge in [-0.1, -0.05) is 11.3 Å². The molecule has 7 heteroatoms. The normalized spacial score (nSPS) is 11.2. The van der Waals surface area contributed by atoms with Crippen LogP contribution in [-0.4, -0.2) is 10.9 Å². The maximum Gasteiger partial charge on any atom is 0.267 e. The number of rotatable bonds is 2. The van der Waals surface area contributed by atoms with Crippen molar-refractivity contribution in [2.45, 2.75) is 0 Å². The van der Waals surface area contributed by atoms with Crippen molar-refractivity contribution in [2.24, 2.45) is 0 Å². The topological polar surface area (TPSA) is 68.0 Å². The fourth-order valence-corrected chi connectivity index (χ4v) is 4.94. The van der Waals surface area contributed by atoms with E-state index in [4.69, 9.17) is 5.73 Å². The van der Waals surface area contributed by atoms with Gasteiger partial charge in [0, 0.05) is 15.1 Å². The molecule has 0 aliphatic heterocycles. The van der Waals surface area contributed by atoms with Gasteiger partial charge in [0.1, 0.15) is 0 Å². The number of nitrogens with one attached hydrogen (secondary N) is 1. The first-order chi connectivity index (χ1) is 10.2. The summed E-state index contributed by atoms with van der Waals surface area (Å²) in [5, 5.41) is 5.48. The van der Waals surface area contributed by atoms with Gasteiger partial charge in [-0.3, -0.25) is 10.1 Å². The summed E-state index contributed by atoms with van der Waals surface area (Å²) in [4.78, 5) is 17.4. The first kappa shape index (κ1) is 12.8. The molecule has 4 nitrogen and oxygen atoms in total. The Morgan fingerprint density at radius 1 is 1.10 bits per heavy atom. The van der Waals surface area contributed by atoms with Gasteiger partial charge in [0.15, 0.2) is 5.13 Å². The van der Waals surface area contributed by atoms with E-state index in [2.05, 4.69) is 10.3 Å². The second-order valence-electron chi connectivity index (χ2n) is 4.46. The molecule has 0 radical (unpaired) electrons. The number of benzene rings is 1. The van der Waals surface area contributed by atoms with E-state index in [9.17, 15) is 4.79 Å². The van der Waals surface area contributed by atoms with E-state index >= 15 is 0 Å². The van der Waals surface area contributed by atoms with Crippen molar-refractivity contribution in [2.75, 3.05) is 11.1 Å². The van der Waals surface area contributed by atoms with E-state index in [1.165, 1.54) is 22.7 Å². The first-order valence-corrected chi connectivity index (χ1v) is 8.65. The second-order valence-corrected chi connectivity index (χ2v) is 7.52. The Hall–Kier alpha value is -1.96. The average molecular weight is 331 g/mol. The Labute approximate surface area is 131 Å². The maximum absolute atomic E-state index is 12.3. The summed E-state index contributed by atoms with van der Waals surface area (Å²) < 4.78 is 3.25. The quantitative estimate of drug-likeness (QED) is 0.535. The van der Waals surface area contributed by atoms with Crippen molar-refractivity contribution in [1.82, 2.24) is 4.98 Å². The van der Waals surface area contributed by atoms with Crippen LogP contribution in [0.1, 0.15) is 9.67 Å². The minimum Gasteiger partial charge on any atom is -0.399 e. The fraction of sp³-hybridized carbons (Fsp3) is 0. The highest BCUT2D eigenvalue weighted by Gasteiger charge is 2.13. The molecule has 0 unspecified atom stereocenters. The number of aromatic nitrogens is 1. The molecular formula is C14H9N3OS3. The minimum absolute atomic E-state index is 0.115. The average Bonchev–Trinajstić information content (AvgIpc) is 3.09. The summed E-state index contributed by atoms with van der Waals surface area (Å²) >= 11 is 4.56. The lowest BCUT2D eigenvalue weighted by Crippen LogP contribution is -2.09. The van der Waals surface area contributed by atoms with Crippen molar-refractivity contribution in [1.29, 1.82) is 0 Å². The molecule has 0 aliphatic rings. The number of thiazole rings is 1. The van der Waals surface area contributed by atoms with Crippen molar-refractivity contribution in [3.05, 3.63) is 40.6 Å². The van der Waals surface area contributed by atoms with Crippen LogP contribution in [0.2, 0.25) is 0 Å². The molecule has 1 amide bonds. The summed E-state index contributed by atoms with van der Waals surface area (Å²) in [5.41, 5.74) is 7.29. The lowest BCUT2D eigenvalue weighted by molar-refractivity contribution is 0.103. The number of hydrogen-bond acceptors (Lipinski definition) is 6. The Balaban J connectivity index is 1.64. The fourth-order valence-electron chi connectivity index (χ4n) is 2.03. The monoisotopic (exact) mass is 331 g/mol. The zero-order valence-corrected chi connectivity index (χ0v) is 13.1. The van der Waals surface area contributed by atoms with Gasteiger partial charge in [0.05, 0.1) is 15.1 Å². The van der Waals surface area contributed by atoms with Crippen molar-refractivity contribution in [3.8, 4) is 0 Å². The van der Waals surface area contributed by atoms with Crippen LogP contribution in [-0.2, 0) is 0 Å². The molecule has 3 aromatic heterocycles. The number of thiophene rings is 2. The molecule has 0 saturated carbocycles. The highest BCUT2D eigenvalue weighted by atomic mass is 32.1. The van der Waals surface area contributed by atoms with Crippen molar-refractivity contribution < 1.29 is 4.79 Å². The smallest absolute Gasteiger partial charge is 0.267 e. The largest absolute Gasteiger partial charge is 0.399 e. The van der Waals surface area contributed by atoms with Gasteiger partial charge >= 0.3 is 0 Å². The van der Waals surface area contributed by atoms with E-state index in [0.717, 1.165) is 19.6 Å². The van der Waals surface area contributed by atoms with Crippen LogP contribution in [0.3, 0.4) is 0 Å². The highest BCUT2D eigenvalue weighted by molar-refractivity contribution is 7.28. The molecule has 0 saturated heterocycles. The minimum atomic E-state index is -0.115. The molecule has 0 aliphatic carbocycles. The summed E-state index contributed by atoms with van der Waals surface area (Å²) in [6.45, 7) is 0. The van der Waals surface area contributed by atoms with Gasteiger partial charge in [-0.2, -0.15) is 0 Å². The molecule has 1 aromatic carbocycles. The standard InChI is InChI=1S/C14H9N3OS3/c15-7-1-2-8-10(5-7)21-14(16-8)17-13(18)12-6-11-9(20-12)3-4-19-11/h1-6H,15H2,(H,16,17,18). The first-order valence-electron chi connectivity index (χ1n) is 6.13. The molecule has 0 spiro atoms. The van der Waals surface area contributed by atoms with Crippen LogP contribution in [0.25, 0.3) is 19.6 Å². The number of amides is 1. The number of fused-ring (bicyclic) bond motifs is 2. The Morgan fingerprint density at radius 3 is 2.86 bits per heavy atom. The van der Waals surface area contributed by atoms with Crippen LogP contribution < -0.4 is 11.1 Å². The predicted molar refractivity (Wildman–Crippen MR) is 91.7 cm³/mol. The molecule has 3 heterocycles. The van der Waals surface area contributed by atoms with Gasteiger partial charge in [0.25, 0.3) is 5.91 Å². The molecule has 104 valence electrons. The van der Waals surface area contributed by atoms with Crippen molar-refractivity contribution in [3.63, 3.8) is 0 Å². The number of carbonyl (C=O) groups is 1. The van der Waals surface area contributed by atoms with Gasteiger partial charge in [-0.15, -0.1) is 22.7 Å². The van der Waals surface area contributed by atoms with Crippen LogP contribution in [0.4, 0.5) is 10.8 Å². The predicted octanol–water partition coefficient (Wildman–Crippen LogP) is 4.41. The summed E-state index contributed by atoms with van der Waals surface area (Å²) in [5.74, 6) is -0.115. The molecule has 0 atom stereocenters. The summed E-state index contributed by atoms with van der Waals surface area (Å²) in [6.07, 6.45) is 0. The number of nitrogens with two attached hydrogens (primary N) is 1. The lowest BCUT2D eigenvalue weighted by atomic mass is 10.3. The lowest BCUT2D eigenvalue weighted by Gasteiger charge is -1.96. The second kappa shape index (κ2) is 4.80. The van der Waals surface area contributed by atoms with Crippen LogP contribution in [0, 0.1) is 0 Å². The van der Waals surface area contributed by atoms with E-state index in [1.54, 1.807) is 17.4 Å². The Morgan fingerprint density at radius 2 is 2.00 bits per heavy atom. The molecular weight excluding hydrogens is 322 g/mol. The Bertz CT molecular complexity index is 938. The molecule has 0 bridgehead atoms. The van der Waals surface area contributed by atoms with Gasteiger partial charge in [-0.25, -0.2) is 4.98 Å². The molecule has 21 heavy (non-hydrogen) atoms. The zero-order chi connectivity index (χ0) is 14.4. The molecule has 3 N–H and O–H groups in total. The summed E-state index contributed by atoms with van der Waals surface area (Å²) in [7, 11) is 0. The van der Waals surface area contributed by atoms with Crippen LogP contribution >= 0.6 is 34.0 Å². The van der Waals surface area contributed by atoms with Gasteiger partial charge in [0.2, 0.25) is 0 Å². The third kappa shape index (κ3) is 2.29. The molecule has 4 aromatic rings. The number of hydrogen-bond donors (Lipinski definition) is 2. The van der Waals surface area contributed by atoms with E-state index in [-0.39, 0.29) is 5.91 Å². The summed E-state index contributed by atoms with van der Waals surface area (Å²) in [6, 6.07) is 9.48. The van der Waals surface area contributed by atoms with Crippen LogP contribution in [0.15, 0.2) is 35.7 Å². The van der Waals surface area contributed by atoms with Crippen molar-refractivity contribution >= 4 is 70.4 Å². The third-order valence-corrected chi connectivity index (χ3v) is 6.02. The maximum atomic E-state index is 12.3. The SMILES string of the molecule is Nc1ccc2nc(NC(=O)c3cc4sccc4s3)sc2c1. The Kier molecular flexibility index (Phi) is 2.91. The molecule has 4 rings (SSSR count). The zero-order valence-electron chi connectivity index (χ0n) is 10.6. The number of nitrogen functional groups attached to an aromatic ring is 1. The number of anilines is 2. The van der Waals surface area contributed by atoms with E-state index < -0.39 is 0 Å². The number of carbonyl (C=O) groups excluding carboxylic acids is 1. The highest BCUT2D eigenvalue weighted by Crippen LogP contribution is 2.32. The van der Waals surface area contributed by atoms with Gasteiger partial charge in [-0.05, 0) is 35.7 Å². The van der Waals surface area contributed by atoms with E-state index in [1.807, 2.05) is 29.6 Å². The van der Waals surface area contributed by atoms with E-state index in [0.29, 0.717) is 15.7 Å². The molecule has 0 fully saturated rings.